The molecule has 0 bridgehead atoms. The number of hydrogen-bond acceptors (Lipinski definition) is 5. The van der Waals surface area contributed by atoms with Crippen molar-refractivity contribution in [2.75, 3.05) is 6.54 Å². The topological polar surface area (TPSA) is 96.6 Å². The Morgan fingerprint density at radius 1 is 1.50 bits per heavy atom. The molecule has 0 fully saturated rings. The molecule has 112 valence electrons. The highest BCUT2D eigenvalue weighted by Crippen LogP contribution is 2.14. The Morgan fingerprint density at radius 2 is 2.20 bits per heavy atom. The van der Waals surface area contributed by atoms with E-state index in [0.717, 1.165) is 23.6 Å². The lowest BCUT2D eigenvalue weighted by atomic mass is 10.1. The monoisotopic (exact) mass is 410 g/mol. The van der Waals surface area contributed by atoms with Gasteiger partial charge in [-0.3, -0.25) is 4.99 Å². The van der Waals surface area contributed by atoms with Crippen LogP contribution >= 0.6 is 24.0 Å². The van der Waals surface area contributed by atoms with Gasteiger partial charge in [0.05, 0.1) is 11.4 Å². The smallest absolute Gasteiger partial charge is 0.238 e. The minimum absolute atomic E-state index is 0. The number of aryl methyl sites for hydroxylation is 1. The SMILES string of the molecule is Cc1cc(S(N)(=O)=O)ccc1CNC1=NCC(C)N1.I. The molecule has 2 rings (SSSR count). The number of rotatable bonds is 3. The number of guanidine groups is 1. The van der Waals surface area contributed by atoms with Crippen LogP contribution in [-0.2, 0) is 16.6 Å². The van der Waals surface area contributed by atoms with Crippen molar-refractivity contribution >= 4 is 40.0 Å². The summed E-state index contributed by atoms with van der Waals surface area (Å²) in [6.07, 6.45) is 0. The first-order valence-corrected chi connectivity index (χ1v) is 7.58. The van der Waals surface area contributed by atoms with Gasteiger partial charge in [0.1, 0.15) is 0 Å². The van der Waals surface area contributed by atoms with Gasteiger partial charge in [-0.25, -0.2) is 13.6 Å². The fourth-order valence-corrected chi connectivity index (χ4v) is 2.48. The molecule has 8 heteroatoms. The van der Waals surface area contributed by atoms with Gasteiger partial charge in [0.2, 0.25) is 10.0 Å². The van der Waals surface area contributed by atoms with Gasteiger partial charge in [0.15, 0.2) is 5.96 Å². The largest absolute Gasteiger partial charge is 0.352 e. The molecule has 6 nitrogen and oxygen atoms in total. The van der Waals surface area contributed by atoms with Gasteiger partial charge < -0.3 is 10.6 Å². The third-order valence-electron chi connectivity index (χ3n) is 3.00. The first-order valence-electron chi connectivity index (χ1n) is 6.03. The van der Waals surface area contributed by atoms with Crippen molar-refractivity contribution in [1.29, 1.82) is 0 Å². The molecular formula is C12H19IN4O2S. The Kier molecular flexibility index (Phi) is 5.78. The second-order valence-corrected chi connectivity index (χ2v) is 6.28. The Balaban J connectivity index is 0.00000200. The summed E-state index contributed by atoms with van der Waals surface area (Å²) in [7, 11) is -3.64. The highest BCUT2D eigenvalue weighted by molar-refractivity contribution is 14.0. The van der Waals surface area contributed by atoms with Gasteiger partial charge in [-0.05, 0) is 37.1 Å². The van der Waals surface area contributed by atoms with Gasteiger partial charge >= 0.3 is 0 Å². The molecule has 1 aliphatic heterocycles. The van der Waals surface area contributed by atoms with E-state index in [1.54, 1.807) is 12.1 Å². The summed E-state index contributed by atoms with van der Waals surface area (Å²) in [5.41, 5.74) is 1.89. The van der Waals surface area contributed by atoms with Gasteiger partial charge in [-0.1, -0.05) is 6.07 Å². The van der Waals surface area contributed by atoms with Gasteiger partial charge in [0.25, 0.3) is 0 Å². The molecule has 1 atom stereocenters. The van der Waals surface area contributed by atoms with Crippen molar-refractivity contribution in [3.8, 4) is 0 Å². The Morgan fingerprint density at radius 3 is 2.70 bits per heavy atom. The first-order chi connectivity index (χ1) is 8.86. The van der Waals surface area contributed by atoms with Crippen molar-refractivity contribution in [3.05, 3.63) is 29.3 Å². The van der Waals surface area contributed by atoms with Crippen LogP contribution in [0.4, 0.5) is 0 Å². The number of primary sulfonamides is 1. The minimum atomic E-state index is -3.64. The Hall–Kier alpha value is -0.870. The van der Waals surface area contributed by atoms with Gasteiger partial charge in [-0.15, -0.1) is 24.0 Å². The zero-order valence-electron chi connectivity index (χ0n) is 11.4. The lowest BCUT2D eigenvalue weighted by molar-refractivity contribution is 0.597. The Labute approximate surface area is 136 Å². The summed E-state index contributed by atoms with van der Waals surface area (Å²) >= 11 is 0. The predicted molar refractivity (Wildman–Crippen MR) is 89.7 cm³/mol. The quantitative estimate of drug-likeness (QED) is 0.640. The first kappa shape index (κ1) is 17.2. The highest BCUT2D eigenvalue weighted by Gasteiger charge is 2.13. The van der Waals surface area contributed by atoms with Crippen LogP contribution in [0.2, 0.25) is 0 Å². The summed E-state index contributed by atoms with van der Waals surface area (Å²) in [6.45, 7) is 5.28. The van der Waals surface area contributed by atoms with Gasteiger partial charge in [0, 0.05) is 12.6 Å². The van der Waals surface area contributed by atoms with Crippen LogP contribution in [0.3, 0.4) is 0 Å². The van der Waals surface area contributed by atoms with Crippen LogP contribution in [0.1, 0.15) is 18.1 Å². The second-order valence-electron chi connectivity index (χ2n) is 4.72. The zero-order valence-corrected chi connectivity index (χ0v) is 14.5. The molecule has 0 radical (unpaired) electrons. The van der Waals surface area contributed by atoms with E-state index in [2.05, 4.69) is 22.5 Å². The molecule has 0 aliphatic carbocycles. The molecule has 1 aromatic rings. The molecule has 0 saturated heterocycles. The molecule has 0 spiro atoms. The van der Waals surface area contributed by atoms with E-state index in [9.17, 15) is 8.42 Å². The van der Waals surface area contributed by atoms with Crippen LogP contribution in [0.25, 0.3) is 0 Å². The molecule has 0 saturated carbocycles. The van der Waals surface area contributed by atoms with Crippen molar-refractivity contribution in [2.24, 2.45) is 10.1 Å². The van der Waals surface area contributed by atoms with Crippen molar-refractivity contribution in [2.45, 2.75) is 31.3 Å². The van der Waals surface area contributed by atoms with Crippen LogP contribution in [0.15, 0.2) is 28.1 Å². The number of nitrogens with one attached hydrogen (secondary N) is 2. The fraction of sp³-hybridized carbons (Fsp3) is 0.417. The summed E-state index contributed by atoms with van der Waals surface area (Å²) in [4.78, 5) is 4.43. The Bertz CT molecular complexity index is 616. The van der Waals surface area contributed by atoms with Crippen LogP contribution < -0.4 is 15.8 Å². The lowest BCUT2D eigenvalue weighted by Gasteiger charge is -2.11. The maximum absolute atomic E-state index is 11.2. The number of aliphatic imine (C=N–C) groups is 1. The van der Waals surface area contributed by atoms with E-state index in [-0.39, 0.29) is 28.9 Å². The van der Waals surface area contributed by atoms with Crippen molar-refractivity contribution < 1.29 is 8.42 Å². The predicted octanol–water partition coefficient (Wildman–Crippen LogP) is 0.698. The summed E-state index contributed by atoms with van der Waals surface area (Å²) in [5.74, 6) is 0.780. The molecule has 4 N–H and O–H groups in total. The average molecular weight is 410 g/mol. The number of nitrogens with zero attached hydrogens (tertiary/aromatic N) is 1. The zero-order chi connectivity index (χ0) is 14.0. The second kappa shape index (κ2) is 6.72. The molecule has 1 aliphatic rings. The van der Waals surface area contributed by atoms with E-state index in [1.807, 2.05) is 6.92 Å². The lowest BCUT2D eigenvalue weighted by Crippen LogP contribution is -2.37. The van der Waals surface area contributed by atoms with E-state index in [1.165, 1.54) is 6.07 Å². The third kappa shape index (κ3) is 4.32. The number of sulfonamides is 1. The summed E-state index contributed by atoms with van der Waals surface area (Å²) in [5, 5.41) is 11.5. The van der Waals surface area contributed by atoms with Gasteiger partial charge in [-0.2, -0.15) is 0 Å². The molecule has 1 heterocycles. The van der Waals surface area contributed by atoms with E-state index in [4.69, 9.17) is 5.14 Å². The third-order valence-corrected chi connectivity index (χ3v) is 3.91. The molecule has 1 unspecified atom stereocenters. The number of benzene rings is 1. The van der Waals surface area contributed by atoms with Crippen molar-refractivity contribution in [1.82, 2.24) is 10.6 Å². The molecule has 0 amide bonds. The average Bonchev–Trinajstić information content (AvgIpc) is 2.72. The number of nitrogens with two attached hydrogens (primary N) is 1. The normalized spacial score (nSPS) is 17.9. The fourth-order valence-electron chi connectivity index (χ4n) is 1.88. The van der Waals surface area contributed by atoms with Crippen LogP contribution in [0.5, 0.6) is 0 Å². The summed E-state index contributed by atoms with van der Waals surface area (Å²) < 4.78 is 22.5. The highest BCUT2D eigenvalue weighted by atomic mass is 127. The minimum Gasteiger partial charge on any atom is -0.352 e. The van der Waals surface area contributed by atoms with E-state index < -0.39 is 10.0 Å². The van der Waals surface area contributed by atoms with E-state index in [0.29, 0.717) is 12.6 Å². The molecular weight excluding hydrogens is 391 g/mol. The number of hydrogen-bond donors (Lipinski definition) is 3. The van der Waals surface area contributed by atoms with Crippen molar-refractivity contribution in [3.63, 3.8) is 0 Å². The molecule has 20 heavy (non-hydrogen) atoms. The van der Waals surface area contributed by atoms with E-state index >= 15 is 0 Å². The maximum Gasteiger partial charge on any atom is 0.238 e. The summed E-state index contributed by atoms with van der Waals surface area (Å²) in [6, 6.07) is 5.22. The molecule has 1 aromatic carbocycles. The standard InChI is InChI=1S/C12H18N4O2S.HI/c1-8-5-11(19(13,17)18)4-3-10(8)7-15-12-14-6-9(2)16-12;/h3-5,9H,6-7H2,1-2H3,(H2,13,17,18)(H2,14,15,16);1H. The maximum atomic E-state index is 11.2. The van der Waals surface area contributed by atoms with Crippen LogP contribution in [-0.4, -0.2) is 27.0 Å². The molecule has 0 aromatic heterocycles. The van der Waals surface area contributed by atoms with Crippen LogP contribution in [0, 0.1) is 6.92 Å². The number of halogens is 1.